The summed E-state index contributed by atoms with van der Waals surface area (Å²) in [4.78, 5) is 0. The summed E-state index contributed by atoms with van der Waals surface area (Å²) < 4.78 is 0. The number of fused-ring (bicyclic) bond motifs is 3. The highest BCUT2D eigenvalue weighted by Gasteiger charge is 2.76. The number of aliphatic hydroxyl groups excluding tert-OH is 1. The third kappa shape index (κ3) is 0.487. The molecule has 1 aliphatic heterocycles. The molecule has 2 N–H and O–H groups in total. The fourth-order valence-corrected chi connectivity index (χ4v) is 2.74. The molecule has 0 aromatic heterocycles. The van der Waals surface area contributed by atoms with Crippen LogP contribution in [-0.4, -0.2) is 23.3 Å². The summed E-state index contributed by atoms with van der Waals surface area (Å²) in [7, 11) is 0. The number of nitrogens with one attached hydrogen (secondary N) is 1. The normalized spacial score (nSPS) is 63.9. The minimum absolute atomic E-state index is 0.0170. The number of hydrogen-bond donors (Lipinski definition) is 2. The molecular weight excluding hydrogens is 126 g/mol. The van der Waals surface area contributed by atoms with Crippen LogP contribution in [0.4, 0.5) is 0 Å². The molecule has 3 unspecified atom stereocenters. The molecule has 1 heterocycles. The summed E-state index contributed by atoms with van der Waals surface area (Å²) in [5.74, 6) is 0. The van der Waals surface area contributed by atoms with Crippen LogP contribution in [0.15, 0.2) is 0 Å². The summed E-state index contributed by atoms with van der Waals surface area (Å²) in [6.07, 6.45) is 4.75. The van der Waals surface area contributed by atoms with Gasteiger partial charge in [0.1, 0.15) is 0 Å². The zero-order valence-electron chi connectivity index (χ0n) is 6.01. The number of hydrogen-bond acceptors (Lipinski definition) is 2. The fraction of sp³-hybridized carbons (Fsp3) is 1.00. The molecule has 2 saturated carbocycles. The average molecular weight is 139 g/mol. The lowest BCUT2D eigenvalue weighted by molar-refractivity contribution is 0.0766. The molecule has 0 aromatic rings. The van der Waals surface area contributed by atoms with E-state index in [-0.39, 0.29) is 6.10 Å². The molecular formula is C8H13NO. The Morgan fingerprint density at radius 1 is 1.40 bits per heavy atom. The second-order valence-electron chi connectivity index (χ2n) is 4.11. The SMILES string of the molecule is OC1CCCC2(C1)C1NC12. The highest BCUT2D eigenvalue weighted by molar-refractivity contribution is 5.34. The predicted molar refractivity (Wildman–Crippen MR) is 37.6 cm³/mol. The number of rotatable bonds is 0. The zero-order chi connectivity index (χ0) is 6.77. The lowest BCUT2D eigenvalue weighted by atomic mass is 9.81. The van der Waals surface area contributed by atoms with Gasteiger partial charge < -0.3 is 10.4 Å². The van der Waals surface area contributed by atoms with Crippen LogP contribution in [0.5, 0.6) is 0 Å². The van der Waals surface area contributed by atoms with Gasteiger partial charge in [-0.05, 0) is 19.3 Å². The van der Waals surface area contributed by atoms with Gasteiger partial charge in [0.15, 0.2) is 0 Å². The smallest absolute Gasteiger partial charge is 0.0546 e. The maximum atomic E-state index is 9.40. The van der Waals surface area contributed by atoms with Gasteiger partial charge in [-0.15, -0.1) is 0 Å². The Morgan fingerprint density at radius 3 is 2.60 bits per heavy atom. The quantitative estimate of drug-likeness (QED) is 0.473. The third-order valence-electron chi connectivity index (χ3n) is 3.51. The minimum atomic E-state index is 0.0170. The van der Waals surface area contributed by atoms with Gasteiger partial charge in [0, 0.05) is 17.5 Å². The van der Waals surface area contributed by atoms with Crippen LogP contribution in [0.3, 0.4) is 0 Å². The van der Waals surface area contributed by atoms with Crippen LogP contribution in [0.1, 0.15) is 25.7 Å². The van der Waals surface area contributed by atoms with Crippen LogP contribution >= 0.6 is 0 Å². The molecule has 3 rings (SSSR count). The van der Waals surface area contributed by atoms with Crippen molar-refractivity contribution in [2.75, 3.05) is 0 Å². The highest BCUT2D eigenvalue weighted by atomic mass is 16.3. The highest BCUT2D eigenvalue weighted by Crippen LogP contribution is 2.65. The van der Waals surface area contributed by atoms with Crippen LogP contribution < -0.4 is 5.32 Å². The van der Waals surface area contributed by atoms with Gasteiger partial charge in [-0.2, -0.15) is 0 Å². The van der Waals surface area contributed by atoms with Crippen molar-refractivity contribution in [1.29, 1.82) is 0 Å². The molecule has 1 spiro atoms. The first-order valence-corrected chi connectivity index (χ1v) is 4.27. The van der Waals surface area contributed by atoms with E-state index in [1.54, 1.807) is 0 Å². The molecule has 0 aromatic carbocycles. The van der Waals surface area contributed by atoms with E-state index in [1.165, 1.54) is 12.8 Å². The molecule has 2 heteroatoms. The Balaban J connectivity index is 1.76. The summed E-state index contributed by atoms with van der Waals surface area (Å²) >= 11 is 0. The average Bonchev–Trinajstić information content (AvgIpc) is 2.74. The van der Waals surface area contributed by atoms with E-state index >= 15 is 0 Å². The van der Waals surface area contributed by atoms with E-state index in [4.69, 9.17) is 0 Å². The molecule has 3 atom stereocenters. The summed E-state index contributed by atoms with van der Waals surface area (Å²) in [6, 6.07) is 1.64. The molecule has 3 aliphatic rings. The van der Waals surface area contributed by atoms with E-state index < -0.39 is 0 Å². The Kier molecular flexibility index (Phi) is 0.783. The van der Waals surface area contributed by atoms with Crippen molar-refractivity contribution in [2.24, 2.45) is 5.41 Å². The largest absolute Gasteiger partial charge is 0.393 e. The molecule has 0 bridgehead atoms. The van der Waals surface area contributed by atoms with Gasteiger partial charge in [0.2, 0.25) is 0 Å². The van der Waals surface area contributed by atoms with Crippen LogP contribution in [0.25, 0.3) is 0 Å². The molecule has 0 radical (unpaired) electrons. The molecule has 0 amide bonds. The van der Waals surface area contributed by atoms with Gasteiger partial charge >= 0.3 is 0 Å². The van der Waals surface area contributed by atoms with E-state index in [9.17, 15) is 5.11 Å². The number of aliphatic hydroxyl groups is 1. The summed E-state index contributed by atoms with van der Waals surface area (Å²) in [6.45, 7) is 0. The van der Waals surface area contributed by atoms with E-state index in [0.717, 1.165) is 24.9 Å². The maximum Gasteiger partial charge on any atom is 0.0546 e. The Hall–Kier alpha value is -0.0800. The predicted octanol–water partition coefficient (Wildman–Crippen LogP) is 0.262. The monoisotopic (exact) mass is 139 g/mol. The van der Waals surface area contributed by atoms with Gasteiger partial charge in [-0.25, -0.2) is 0 Å². The summed E-state index contributed by atoms with van der Waals surface area (Å²) in [5, 5.41) is 12.8. The first kappa shape index (κ1) is 5.56. The first-order chi connectivity index (χ1) is 4.83. The van der Waals surface area contributed by atoms with Crippen LogP contribution in [-0.2, 0) is 0 Å². The van der Waals surface area contributed by atoms with Crippen molar-refractivity contribution in [1.82, 2.24) is 5.32 Å². The van der Waals surface area contributed by atoms with Crippen LogP contribution in [0.2, 0.25) is 0 Å². The van der Waals surface area contributed by atoms with E-state index in [2.05, 4.69) is 5.32 Å². The fourth-order valence-electron chi connectivity index (χ4n) is 2.74. The first-order valence-electron chi connectivity index (χ1n) is 4.27. The minimum Gasteiger partial charge on any atom is -0.393 e. The van der Waals surface area contributed by atoms with E-state index in [1.807, 2.05) is 0 Å². The Morgan fingerprint density at radius 2 is 2.20 bits per heavy atom. The van der Waals surface area contributed by atoms with Crippen molar-refractivity contribution in [2.45, 2.75) is 43.9 Å². The summed E-state index contributed by atoms with van der Waals surface area (Å²) in [5.41, 5.74) is 0.595. The van der Waals surface area contributed by atoms with Crippen molar-refractivity contribution < 1.29 is 5.11 Å². The standard InChI is InChI=1S/C8H13NO/c10-5-2-1-3-8(4-5)6-7(8)9-6/h5-7,9-10H,1-4H2. The van der Waals surface area contributed by atoms with Gasteiger partial charge in [0.25, 0.3) is 0 Å². The lowest BCUT2D eigenvalue weighted by Gasteiger charge is -2.30. The van der Waals surface area contributed by atoms with Crippen molar-refractivity contribution in [3.8, 4) is 0 Å². The van der Waals surface area contributed by atoms with Crippen molar-refractivity contribution in [3.63, 3.8) is 0 Å². The van der Waals surface area contributed by atoms with E-state index in [0.29, 0.717) is 5.41 Å². The van der Waals surface area contributed by atoms with Gasteiger partial charge in [-0.3, -0.25) is 0 Å². The van der Waals surface area contributed by atoms with Gasteiger partial charge in [-0.1, -0.05) is 6.42 Å². The van der Waals surface area contributed by atoms with Crippen LogP contribution in [0, 0.1) is 5.41 Å². The Bertz CT molecular complexity index is 172. The second kappa shape index (κ2) is 1.41. The van der Waals surface area contributed by atoms with Crippen molar-refractivity contribution in [3.05, 3.63) is 0 Å². The molecule has 10 heavy (non-hydrogen) atoms. The van der Waals surface area contributed by atoms with Crippen molar-refractivity contribution >= 4 is 0 Å². The molecule has 3 fully saturated rings. The molecule has 1 saturated heterocycles. The zero-order valence-corrected chi connectivity index (χ0v) is 6.01. The molecule has 56 valence electrons. The molecule has 2 nitrogen and oxygen atoms in total. The molecule has 2 aliphatic carbocycles. The third-order valence-corrected chi connectivity index (χ3v) is 3.51. The topological polar surface area (TPSA) is 42.2 Å². The lowest BCUT2D eigenvalue weighted by Crippen LogP contribution is -2.32. The maximum absolute atomic E-state index is 9.40. The second-order valence-corrected chi connectivity index (χ2v) is 4.11. The van der Waals surface area contributed by atoms with Gasteiger partial charge in [0.05, 0.1) is 6.10 Å². The Labute approximate surface area is 60.6 Å².